The standard InChI is InChI=1S/C8H12N2O2/c1-2-3-4-8(10,5-6-9)7(11)12/h2-3H,4-5,10H2,1H3,(H,11,12)/b3-2+. The highest BCUT2D eigenvalue weighted by atomic mass is 16.4. The summed E-state index contributed by atoms with van der Waals surface area (Å²) >= 11 is 0. The van der Waals surface area contributed by atoms with Crippen LogP contribution in [0.1, 0.15) is 19.8 Å². The van der Waals surface area contributed by atoms with Gasteiger partial charge >= 0.3 is 5.97 Å². The molecule has 0 aliphatic rings. The second-order valence-electron chi connectivity index (χ2n) is 2.57. The molecule has 66 valence electrons. The molecule has 0 spiro atoms. The summed E-state index contributed by atoms with van der Waals surface area (Å²) in [4.78, 5) is 10.6. The highest BCUT2D eigenvalue weighted by Gasteiger charge is 2.32. The molecular formula is C8H12N2O2. The van der Waals surface area contributed by atoms with Crippen molar-refractivity contribution in [3.8, 4) is 6.07 Å². The predicted molar refractivity (Wildman–Crippen MR) is 44.2 cm³/mol. The number of allylic oxidation sites excluding steroid dienone is 1. The largest absolute Gasteiger partial charge is 0.480 e. The highest BCUT2D eigenvalue weighted by molar-refractivity contribution is 5.79. The van der Waals surface area contributed by atoms with E-state index in [-0.39, 0.29) is 12.8 Å². The van der Waals surface area contributed by atoms with Crippen LogP contribution >= 0.6 is 0 Å². The molecular weight excluding hydrogens is 156 g/mol. The SMILES string of the molecule is C/C=C/CC(N)(CC#N)C(=O)O. The molecule has 0 amide bonds. The van der Waals surface area contributed by atoms with Crippen LogP contribution in [-0.4, -0.2) is 16.6 Å². The fraction of sp³-hybridized carbons (Fsp3) is 0.500. The molecule has 0 fully saturated rings. The summed E-state index contributed by atoms with van der Waals surface area (Å²) in [5.41, 5.74) is 4.03. The molecule has 1 atom stereocenters. The number of nitriles is 1. The van der Waals surface area contributed by atoms with Gasteiger partial charge < -0.3 is 10.8 Å². The lowest BCUT2D eigenvalue weighted by Crippen LogP contribution is -2.47. The molecule has 0 radical (unpaired) electrons. The van der Waals surface area contributed by atoms with Crippen molar-refractivity contribution in [1.29, 1.82) is 5.26 Å². The van der Waals surface area contributed by atoms with E-state index in [0.29, 0.717) is 0 Å². The number of aliphatic carboxylic acids is 1. The van der Waals surface area contributed by atoms with Crippen molar-refractivity contribution in [2.24, 2.45) is 5.73 Å². The minimum atomic E-state index is -1.43. The lowest BCUT2D eigenvalue weighted by molar-refractivity contribution is -0.143. The number of rotatable bonds is 4. The van der Waals surface area contributed by atoms with Gasteiger partial charge in [-0.1, -0.05) is 12.2 Å². The van der Waals surface area contributed by atoms with E-state index in [2.05, 4.69) is 0 Å². The van der Waals surface area contributed by atoms with Crippen LogP contribution in [0.2, 0.25) is 0 Å². The minimum Gasteiger partial charge on any atom is -0.480 e. The fourth-order valence-electron chi connectivity index (χ4n) is 0.704. The predicted octanol–water partition coefficient (Wildman–Crippen LogP) is 0.648. The van der Waals surface area contributed by atoms with Crippen LogP contribution < -0.4 is 5.73 Å². The lowest BCUT2D eigenvalue weighted by Gasteiger charge is -2.18. The van der Waals surface area contributed by atoms with Crippen molar-refractivity contribution in [3.05, 3.63) is 12.2 Å². The Hall–Kier alpha value is -1.34. The lowest BCUT2D eigenvalue weighted by atomic mass is 9.93. The Labute approximate surface area is 71.3 Å². The van der Waals surface area contributed by atoms with Crippen molar-refractivity contribution in [3.63, 3.8) is 0 Å². The quantitative estimate of drug-likeness (QED) is 0.603. The molecule has 0 aromatic rings. The zero-order valence-electron chi connectivity index (χ0n) is 6.95. The minimum absolute atomic E-state index is 0.174. The van der Waals surface area contributed by atoms with Gasteiger partial charge in [-0.2, -0.15) is 5.26 Å². The summed E-state index contributed by atoms with van der Waals surface area (Å²) in [6, 6.07) is 1.76. The van der Waals surface area contributed by atoms with E-state index in [9.17, 15) is 4.79 Å². The summed E-state index contributed by atoms with van der Waals surface area (Å²) in [7, 11) is 0. The van der Waals surface area contributed by atoms with Gasteiger partial charge in [-0.15, -0.1) is 0 Å². The Bertz CT molecular complexity index is 230. The maximum absolute atomic E-state index is 10.6. The van der Waals surface area contributed by atoms with E-state index in [1.807, 2.05) is 0 Å². The summed E-state index contributed by atoms with van der Waals surface area (Å²) in [6.07, 6.45) is 3.37. The van der Waals surface area contributed by atoms with E-state index in [4.69, 9.17) is 16.1 Å². The Morgan fingerprint density at radius 1 is 1.83 bits per heavy atom. The molecule has 0 rings (SSSR count). The zero-order chi connectivity index (χ0) is 9.61. The summed E-state index contributed by atoms with van der Waals surface area (Å²) in [6.45, 7) is 1.77. The average Bonchev–Trinajstić information content (AvgIpc) is 2.01. The first-order valence-electron chi connectivity index (χ1n) is 3.57. The topological polar surface area (TPSA) is 87.1 Å². The molecule has 0 bridgehead atoms. The summed E-state index contributed by atoms with van der Waals surface area (Å²) < 4.78 is 0. The Kier molecular flexibility index (Phi) is 4.02. The van der Waals surface area contributed by atoms with Crippen LogP contribution in [0.5, 0.6) is 0 Å². The number of nitrogens with zero attached hydrogens (tertiary/aromatic N) is 1. The number of carboxylic acids is 1. The molecule has 0 aliphatic carbocycles. The molecule has 1 unspecified atom stereocenters. The van der Waals surface area contributed by atoms with Crippen molar-refractivity contribution >= 4 is 5.97 Å². The van der Waals surface area contributed by atoms with Crippen LogP contribution in [0.25, 0.3) is 0 Å². The van der Waals surface area contributed by atoms with Crippen molar-refractivity contribution in [2.45, 2.75) is 25.3 Å². The number of carbonyl (C=O) groups is 1. The van der Waals surface area contributed by atoms with Crippen LogP contribution in [0.4, 0.5) is 0 Å². The van der Waals surface area contributed by atoms with E-state index in [0.717, 1.165) is 0 Å². The third kappa shape index (κ3) is 2.72. The average molecular weight is 168 g/mol. The van der Waals surface area contributed by atoms with Gasteiger partial charge in [0.25, 0.3) is 0 Å². The van der Waals surface area contributed by atoms with E-state index in [1.165, 1.54) is 0 Å². The molecule has 12 heavy (non-hydrogen) atoms. The first-order chi connectivity index (χ1) is 5.56. The van der Waals surface area contributed by atoms with Gasteiger partial charge in [-0.3, -0.25) is 4.79 Å². The van der Waals surface area contributed by atoms with Crippen molar-refractivity contribution in [1.82, 2.24) is 0 Å². The Balaban J connectivity index is 4.41. The Morgan fingerprint density at radius 2 is 2.42 bits per heavy atom. The van der Waals surface area contributed by atoms with Crippen molar-refractivity contribution < 1.29 is 9.90 Å². The molecule has 3 N–H and O–H groups in total. The van der Waals surface area contributed by atoms with Gasteiger partial charge in [0.05, 0.1) is 12.5 Å². The maximum Gasteiger partial charge on any atom is 0.325 e. The molecule has 0 aliphatic heterocycles. The van der Waals surface area contributed by atoms with E-state index in [1.54, 1.807) is 25.1 Å². The molecule has 0 aromatic carbocycles. The third-order valence-corrected chi connectivity index (χ3v) is 1.54. The normalized spacial score (nSPS) is 15.4. The molecule has 4 nitrogen and oxygen atoms in total. The molecule has 4 heteroatoms. The molecule has 0 heterocycles. The molecule has 0 aromatic heterocycles. The first kappa shape index (κ1) is 10.7. The summed E-state index contributed by atoms with van der Waals surface area (Å²) in [5.74, 6) is -1.14. The Morgan fingerprint density at radius 3 is 2.75 bits per heavy atom. The van der Waals surface area contributed by atoms with Gasteiger partial charge in [0.15, 0.2) is 0 Å². The number of hydrogen-bond donors (Lipinski definition) is 2. The van der Waals surface area contributed by atoms with E-state index >= 15 is 0 Å². The first-order valence-corrected chi connectivity index (χ1v) is 3.57. The number of nitrogens with two attached hydrogens (primary N) is 1. The zero-order valence-corrected chi connectivity index (χ0v) is 6.95. The number of carboxylic acid groups (broad SMARTS) is 1. The van der Waals surface area contributed by atoms with Crippen molar-refractivity contribution in [2.75, 3.05) is 0 Å². The van der Waals surface area contributed by atoms with Crippen LogP contribution in [0, 0.1) is 11.3 Å². The fourth-order valence-corrected chi connectivity index (χ4v) is 0.704. The van der Waals surface area contributed by atoms with E-state index < -0.39 is 11.5 Å². The van der Waals surface area contributed by atoms with Crippen LogP contribution in [0.15, 0.2) is 12.2 Å². The van der Waals surface area contributed by atoms with Crippen LogP contribution in [0.3, 0.4) is 0 Å². The second-order valence-corrected chi connectivity index (χ2v) is 2.57. The number of hydrogen-bond acceptors (Lipinski definition) is 3. The summed E-state index contributed by atoms with van der Waals surface area (Å²) in [5, 5.41) is 17.0. The van der Waals surface area contributed by atoms with Gasteiger partial charge in [-0.25, -0.2) is 0 Å². The molecule has 0 saturated carbocycles. The monoisotopic (exact) mass is 168 g/mol. The van der Waals surface area contributed by atoms with Gasteiger partial charge in [0, 0.05) is 0 Å². The van der Waals surface area contributed by atoms with Crippen LogP contribution in [-0.2, 0) is 4.79 Å². The van der Waals surface area contributed by atoms with Gasteiger partial charge in [0.2, 0.25) is 0 Å². The smallest absolute Gasteiger partial charge is 0.325 e. The van der Waals surface area contributed by atoms with Gasteiger partial charge in [0.1, 0.15) is 5.54 Å². The van der Waals surface area contributed by atoms with Gasteiger partial charge in [-0.05, 0) is 13.3 Å². The highest BCUT2D eigenvalue weighted by Crippen LogP contribution is 2.12. The third-order valence-electron chi connectivity index (χ3n) is 1.54. The molecule has 0 saturated heterocycles. The maximum atomic E-state index is 10.6. The second kappa shape index (κ2) is 4.52.